The van der Waals surface area contributed by atoms with Gasteiger partial charge in [0.15, 0.2) is 0 Å². The summed E-state index contributed by atoms with van der Waals surface area (Å²) in [6, 6.07) is 8.82. The zero-order chi connectivity index (χ0) is 14.6. The van der Waals surface area contributed by atoms with E-state index in [0.717, 1.165) is 0 Å². The molecule has 0 amide bonds. The highest BCUT2D eigenvalue weighted by atomic mass is 14.1. The third-order valence-corrected chi connectivity index (χ3v) is 3.79. The van der Waals surface area contributed by atoms with Crippen LogP contribution in [0.2, 0.25) is 0 Å². The Morgan fingerprint density at radius 1 is 0.850 bits per heavy atom. The largest absolute Gasteiger partial charge is 0.0654 e. The molecule has 0 aromatic heterocycles. The fourth-order valence-electron chi connectivity index (χ4n) is 2.45. The lowest BCUT2D eigenvalue weighted by Crippen LogP contribution is -1.93. The molecular formula is C20H31. The lowest BCUT2D eigenvalue weighted by Gasteiger charge is -2.09. The van der Waals surface area contributed by atoms with Crippen LogP contribution >= 0.6 is 0 Å². The number of hydrogen-bond donors (Lipinski definition) is 0. The molecule has 1 radical (unpaired) electrons. The molecule has 0 heterocycles. The Morgan fingerprint density at radius 2 is 1.45 bits per heavy atom. The first-order valence-corrected chi connectivity index (χ1v) is 8.51. The molecule has 1 aromatic rings. The normalized spacial score (nSPS) is 10.6. The van der Waals surface area contributed by atoms with Gasteiger partial charge in [-0.3, -0.25) is 0 Å². The molecule has 0 aliphatic heterocycles. The second-order valence-corrected chi connectivity index (χ2v) is 5.70. The van der Waals surface area contributed by atoms with Crippen LogP contribution in [-0.4, -0.2) is 0 Å². The Balaban J connectivity index is 2.84. The van der Waals surface area contributed by atoms with Gasteiger partial charge in [-0.15, -0.1) is 0 Å². The number of allylic oxidation sites excluding steroid dienone is 1. The van der Waals surface area contributed by atoms with Crippen molar-refractivity contribution in [2.75, 3.05) is 0 Å². The summed E-state index contributed by atoms with van der Waals surface area (Å²) in [4.78, 5) is 0. The van der Waals surface area contributed by atoms with E-state index in [1.807, 2.05) is 0 Å². The Hall–Kier alpha value is -1.04. The lowest BCUT2D eigenvalue weighted by molar-refractivity contribution is 0.709. The van der Waals surface area contributed by atoms with E-state index in [9.17, 15) is 0 Å². The smallest absolute Gasteiger partial charge is 0.0111 e. The minimum absolute atomic E-state index is 1.19. The first kappa shape index (κ1) is 17.0. The zero-order valence-corrected chi connectivity index (χ0v) is 13.7. The third kappa shape index (κ3) is 6.41. The maximum Gasteiger partial charge on any atom is -0.0111 e. The number of rotatable bonds is 10. The van der Waals surface area contributed by atoms with Gasteiger partial charge in [-0.05, 0) is 55.7 Å². The molecule has 0 saturated carbocycles. The minimum atomic E-state index is 1.19. The van der Waals surface area contributed by atoms with Crippen LogP contribution in [0, 0.1) is 6.08 Å². The third-order valence-electron chi connectivity index (χ3n) is 3.79. The summed E-state index contributed by atoms with van der Waals surface area (Å²) in [7, 11) is 0. The fraction of sp³-hybridized carbons (Fsp3) is 0.600. The van der Waals surface area contributed by atoms with Crippen molar-refractivity contribution < 1.29 is 0 Å². The molecule has 0 spiro atoms. The maximum atomic E-state index is 3.74. The van der Waals surface area contributed by atoms with Crippen molar-refractivity contribution in [1.29, 1.82) is 0 Å². The van der Waals surface area contributed by atoms with Gasteiger partial charge in [-0.2, -0.15) is 0 Å². The summed E-state index contributed by atoms with van der Waals surface area (Å²) in [6.45, 7) is 6.80. The van der Waals surface area contributed by atoms with Crippen LogP contribution in [0.15, 0.2) is 29.8 Å². The molecule has 0 unspecified atom stereocenters. The van der Waals surface area contributed by atoms with Crippen LogP contribution in [0.4, 0.5) is 0 Å². The van der Waals surface area contributed by atoms with Gasteiger partial charge in [-0.25, -0.2) is 0 Å². The molecule has 0 N–H and O–H groups in total. The van der Waals surface area contributed by atoms with Gasteiger partial charge in [0, 0.05) is 0 Å². The number of hydrogen-bond acceptors (Lipinski definition) is 0. The second-order valence-electron chi connectivity index (χ2n) is 5.70. The summed E-state index contributed by atoms with van der Waals surface area (Å²) in [5, 5.41) is 0. The van der Waals surface area contributed by atoms with Crippen molar-refractivity contribution >= 4 is 0 Å². The first-order valence-electron chi connectivity index (χ1n) is 8.51. The van der Waals surface area contributed by atoms with E-state index >= 15 is 0 Å². The van der Waals surface area contributed by atoms with Crippen LogP contribution in [0.1, 0.15) is 83.3 Å². The summed E-state index contributed by atoms with van der Waals surface area (Å²) < 4.78 is 0. The molecule has 1 aromatic carbocycles. The van der Waals surface area contributed by atoms with Crippen molar-refractivity contribution in [1.82, 2.24) is 0 Å². The predicted molar refractivity (Wildman–Crippen MR) is 90.0 cm³/mol. The van der Waals surface area contributed by atoms with Gasteiger partial charge in [-0.1, -0.05) is 69.9 Å². The van der Waals surface area contributed by atoms with Crippen LogP contribution in [-0.2, 0) is 6.42 Å². The van der Waals surface area contributed by atoms with Crippen LogP contribution in [0.3, 0.4) is 0 Å². The molecule has 0 heteroatoms. The monoisotopic (exact) mass is 271 g/mol. The zero-order valence-electron chi connectivity index (χ0n) is 13.7. The number of unbranched alkanes of at least 4 members (excludes halogenated alkanes) is 3. The minimum Gasteiger partial charge on any atom is -0.0654 e. The Kier molecular flexibility index (Phi) is 9.11. The molecule has 0 fully saturated rings. The number of aryl methyl sites for hydroxylation is 1. The van der Waals surface area contributed by atoms with Crippen molar-refractivity contribution in [3.05, 3.63) is 47.0 Å². The van der Waals surface area contributed by atoms with E-state index in [0.29, 0.717) is 0 Å². The highest BCUT2D eigenvalue weighted by molar-refractivity contribution is 5.34. The lowest BCUT2D eigenvalue weighted by atomic mass is 9.96. The van der Waals surface area contributed by atoms with Gasteiger partial charge >= 0.3 is 0 Å². The molecule has 0 atom stereocenters. The maximum absolute atomic E-state index is 3.74. The van der Waals surface area contributed by atoms with Crippen LogP contribution < -0.4 is 0 Å². The molecule has 0 aliphatic rings. The highest BCUT2D eigenvalue weighted by Gasteiger charge is 2.03. The van der Waals surface area contributed by atoms with Gasteiger partial charge < -0.3 is 0 Å². The average molecular weight is 271 g/mol. The highest BCUT2D eigenvalue weighted by Crippen LogP contribution is 2.20. The molecule has 0 nitrogen and oxygen atoms in total. The molecule has 0 bridgehead atoms. The van der Waals surface area contributed by atoms with Gasteiger partial charge in [0.1, 0.15) is 0 Å². The Morgan fingerprint density at radius 3 is 2.05 bits per heavy atom. The summed E-state index contributed by atoms with van der Waals surface area (Å²) in [5.41, 5.74) is 4.33. The van der Waals surface area contributed by atoms with Gasteiger partial charge in [0.05, 0.1) is 0 Å². The van der Waals surface area contributed by atoms with E-state index in [4.69, 9.17) is 0 Å². The Bertz CT molecular complexity index is 377. The van der Waals surface area contributed by atoms with Crippen molar-refractivity contribution in [3.8, 4) is 0 Å². The van der Waals surface area contributed by atoms with Crippen LogP contribution in [0.5, 0.6) is 0 Å². The van der Waals surface area contributed by atoms with E-state index in [-0.39, 0.29) is 0 Å². The van der Waals surface area contributed by atoms with E-state index in [1.165, 1.54) is 74.5 Å². The summed E-state index contributed by atoms with van der Waals surface area (Å²) >= 11 is 0. The van der Waals surface area contributed by atoms with Crippen molar-refractivity contribution in [2.24, 2.45) is 0 Å². The quantitative estimate of drug-likeness (QED) is 0.456. The standard InChI is InChI=1S/C20H31/c1-4-7-12-18(13-8-5-2)17-20-16-11-10-15-19(20)14-9-6-3/h10-11,15-16H,4-9,12-14H2,1-3H3. The SMILES string of the molecule is CCCCC(=[C]c1ccccc1CCCC)CCCC. The van der Waals surface area contributed by atoms with Gasteiger partial charge in [0.25, 0.3) is 0 Å². The first-order chi connectivity index (χ1) is 9.81. The molecule has 20 heavy (non-hydrogen) atoms. The van der Waals surface area contributed by atoms with Crippen LogP contribution in [0.25, 0.3) is 0 Å². The topological polar surface area (TPSA) is 0 Å². The molecule has 1 rings (SSSR count). The number of benzene rings is 1. The predicted octanol–water partition coefficient (Wildman–Crippen LogP) is 6.49. The second kappa shape index (κ2) is 10.7. The molecule has 111 valence electrons. The van der Waals surface area contributed by atoms with Gasteiger partial charge in [0.2, 0.25) is 0 Å². The van der Waals surface area contributed by atoms with Crippen molar-refractivity contribution in [3.63, 3.8) is 0 Å². The Labute approximate surface area is 126 Å². The van der Waals surface area contributed by atoms with E-state index < -0.39 is 0 Å². The molecule has 0 aliphatic carbocycles. The van der Waals surface area contributed by atoms with E-state index in [2.05, 4.69) is 51.1 Å². The summed E-state index contributed by atoms with van der Waals surface area (Å²) in [5.74, 6) is 0. The van der Waals surface area contributed by atoms with E-state index in [1.54, 1.807) is 0 Å². The average Bonchev–Trinajstić information content (AvgIpc) is 2.49. The fourth-order valence-corrected chi connectivity index (χ4v) is 2.45. The molecule has 0 saturated heterocycles. The molecular weight excluding hydrogens is 240 g/mol. The van der Waals surface area contributed by atoms with Crippen molar-refractivity contribution in [2.45, 2.75) is 78.6 Å². The summed E-state index contributed by atoms with van der Waals surface area (Å²) in [6.07, 6.45) is 15.0.